The van der Waals surface area contributed by atoms with Crippen LogP contribution < -0.4 is 10.6 Å². The second kappa shape index (κ2) is 6.36. The van der Waals surface area contributed by atoms with E-state index in [2.05, 4.69) is 15.6 Å². The number of anilines is 3. The lowest BCUT2D eigenvalue weighted by atomic mass is 10.3. The number of rotatable bonds is 5. The Kier molecular flexibility index (Phi) is 4.54. The van der Waals surface area contributed by atoms with Gasteiger partial charge in [0.05, 0.1) is 22.1 Å². The van der Waals surface area contributed by atoms with Crippen molar-refractivity contribution in [3.63, 3.8) is 0 Å². The number of pyridine rings is 1. The molecule has 0 aliphatic heterocycles. The third-order valence-electron chi connectivity index (χ3n) is 2.57. The van der Waals surface area contributed by atoms with Crippen molar-refractivity contribution >= 4 is 34.6 Å². The maximum absolute atomic E-state index is 13.1. The quantitative estimate of drug-likeness (QED) is 0.645. The standard InChI is InChI=1S/C13H12ClFN4O2/c1-2-16-12-6-9(19(20)21)7-13(18-12)17-8-3-4-11(15)10(14)5-8/h3-7H,2H2,1H3,(H2,16,17,18). The topological polar surface area (TPSA) is 80.1 Å². The molecule has 2 rings (SSSR count). The van der Waals surface area contributed by atoms with Crippen LogP contribution in [0.4, 0.5) is 27.4 Å². The van der Waals surface area contributed by atoms with Crippen molar-refractivity contribution in [2.45, 2.75) is 6.92 Å². The fraction of sp³-hybridized carbons (Fsp3) is 0.154. The Bertz CT molecular complexity index is 681. The van der Waals surface area contributed by atoms with Crippen LogP contribution in [0.5, 0.6) is 0 Å². The Hall–Kier alpha value is -2.41. The third kappa shape index (κ3) is 3.79. The lowest BCUT2D eigenvalue weighted by Gasteiger charge is -2.09. The fourth-order valence-corrected chi connectivity index (χ4v) is 1.86. The highest BCUT2D eigenvalue weighted by atomic mass is 35.5. The van der Waals surface area contributed by atoms with Gasteiger partial charge in [0.2, 0.25) is 0 Å². The smallest absolute Gasteiger partial charge is 0.276 e. The van der Waals surface area contributed by atoms with Gasteiger partial charge in [0.1, 0.15) is 17.5 Å². The van der Waals surface area contributed by atoms with Crippen LogP contribution in [-0.2, 0) is 0 Å². The van der Waals surface area contributed by atoms with Gasteiger partial charge in [0.25, 0.3) is 5.69 Å². The summed E-state index contributed by atoms with van der Waals surface area (Å²) < 4.78 is 13.1. The monoisotopic (exact) mass is 310 g/mol. The highest BCUT2D eigenvalue weighted by Crippen LogP contribution is 2.25. The van der Waals surface area contributed by atoms with E-state index in [0.29, 0.717) is 18.1 Å². The third-order valence-corrected chi connectivity index (χ3v) is 2.86. The maximum atomic E-state index is 13.1. The van der Waals surface area contributed by atoms with Crippen LogP contribution in [-0.4, -0.2) is 16.5 Å². The molecule has 0 aliphatic rings. The van der Waals surface area contributed by atoms with E-state index in [9.17, 15) is 14.5 Å². The molecule has 0 saturated carbocycles. The van der Waals surface area contributed by atoms with Gasteiger partial charge in [-0.05, 0) is 25.1 Å². The molecule has 1 aromatic heterocycles. The molecule has 0 amide bonds. The highest BCUT2D eigenvalue weighted by molar-refractivity contribution is 6.31. The van der Waals surface area contributed by atoms with Crippen molar-refractivity contribution in [2.75, 3.05) is 17.2 Å². The lowest BCUT2D eigenvalue weighted by molar-refractivity contribution is -0.384. The molecule has 2 N–H and O–H groups in total. The van der Waals surface area contributed by atoms with Gasteiger partial charge in [-0.25, -0.2) is 9.37 Å². The van der Waals surface area contributed by atoms with Gasteiger partial charge in [0, 0.05) is 12.2 Å². The summed E-state index contributed by atoms with van der Waals surface area (Å²) in [6.45, 7) is 2.43. The van der Waals surface area contributed by atoms with Gasteiger partial charge < -0.3 is 10.6 Å². The first-order valence-corrected chi connectivity index (χ1v) is 6.50. The molecule has 0 radical (unpaired) electrons. The molecule has 0 fully saturated rings. The number of aromatic nitrogens is 1. The first-order chi connectivity index (χ1) is 9.99. The minimum Gasteiger partial charge on any atom is -0.370 e. The van der Waals surface area contributed by atoms with Gasteiger partial charge >= 0.3 is 0 Å². The normalized spacial score (nSPS) is 10.2. The summed E-state index contributed by atoms with van der Waals surface area (Å²) in [4.78, 5) is 14.6. The number of hydrogen-bond acceptors (Lipinski definition) is 5. The summed E-state index contributed by atoms with van der Waals surface area (Å²) in [5.41, 5.74) is 0.383. The SMILES string of the molecule is CCNc1cc([N+](=O)[O-])cc(Nc2ccc(F)c(Cl)c2)n1. The second-order valence-corrected chi connectivity index (χ2v) is 4.54. The first kappa shape index (κ1) is 15.0. The average molecular weight is 311 g/mol. The van der Waals surface area contributed by atoms with Gasteiger partial charge in [-0.1, -0.05) is 11.6 Å². The van der Waals surface area contributed by atoms with Gasteiger partial charge in [0.15, 0.2) is 0 Å². The van der Waals surface area contributed by atoms with E-state index in [0.717, 1.165) is 0 Å². The van der Waals surface area contributed by atoms with Gasteiger partial charge in [-0.15, -0.1) is 0 Å². The zero-order chi connectivity index (χ0) is 15.4. The molecular weight excluding hydrogens is 299 g/mol. The van der Waals surface area contributed by atoms with Crippen molar-refractivity contribution in [3.05, 3.63) is 51.3 Å². The molecule has 0 aliphatic carbocycles. The minimum atomic E-state index is -0.539. The maximum Gasteiger partial charge on any atom is 0.276 e. The van der Waals surface area contributed by atoms with Crippen LogP contribution >= 0.6 is 11.6 Å². The summed E-state index contributed by atoms with van der Waals surface area (Å²) in [5.74, 6) is 0.104. The number of halogens is 2. The first-order valence-electron chi connectivity index (χ1n) is 6.12. The van der Waals surface area contributed by atoms with E-state index < -0.39 is 10.7 Å². The Labute approximate surface area is 125 Å². The molecule has 110 valence electrons. The van der Waals surface area contributed by atoms with Crippen LogP contribution in [0.3, 0.4) is 0 Å². The van der Waals surface area contributed by atoms with E-state index in [1.165, 1.54) is 30.3 Å². The van der Waals surface area contributed by atoms with E-state index in [4.69, 9.17) is 11.6 Å². The number of hydrogen-bond donors (Lipinski definition) is 2. The number of nitrogens with one attached hydrogen (secondary N) is 2. The predicted octanol–water partition coefficient (Wildman–Crippen LogP) is 3.96. The average Bonchev–Trinajstić information content (AvgIpc) is 2.43. The van der Waals surface area contributed by atoms with Gasteiger partial charge in [-0.2, -0.15) is 0 Å². The summed E-state index contributed by atoms with van der Waals surface area (Å²) in [5, 5.41) is 16.6. The van der Waals surface area contributed by atoms with E-state index in [-0.39, 0.29) is 16.5 Å². The highest BCUT2D eigenvalue weighted by Gasteiger charge is 2.11. The molecule has 0 spiro atoms. The Morgan fingerprint density at radius 1 is 1.33 bits per heavy atom. The molecule has 6 nitrogen and oxygen atoms in total. The number of benzene rings is 1. The summed E-state index contributed by atoms with van der Waals surface area (Å²) in [7, 11) is 0. The van der Waals surface area contributed by atoms with Crippen LogP contribution in [0.15, 0.2) is 30.3 Å². The molecule has 2 aromatic rings. The predicted molar refractivity (Wildman–Crippen MR) is 79.7 cm³/mol. The van der Waals surface area contributed by atoms with Crippen LogP contribution in [0.2, 0.25) is 5.02 Å². The molecule has 1 aromatic carbocycles. The van der Waals surface area contributed by atoms with Crippen molar-refractivity contribution in [1.82, 2.24) is 4.98 Å². The zero-order valence-corrected chi connectivity index (χ0v) is 11.8. The molecule has 1 heterocycles. The fourth-order valence-electron chi connectivity index (χ4n) is 1.68. The van der Waals surface area contributed by atoms with Crippen molar-refractivity contribution in [1.29, 1.82) is 0 Å². The van der Waals surface area contributed by atoms with Gasteiger partial charge in [-0.3, -0.25) is 10.1 Å². The molecule has 0 saturated heterocycles. The molecule has 0 atom stereocenters. The van der Waals surface area contributed by atoms with Crippen molar-refractivity contribution in [3.8, 4) is 0 Å². The number of nitro groups is 1. The Morgan fingerprint density at radius 2 is 2.05 bits per heavy atom. The number of nitrogens with zero attached hydrogens (tertiary/aromatic N) is 2. The van der Waals surface area contributed by atoms with E-state index in [1.54, 1.807) is 0 Å². The van der Waals surface area contributed by atoms with Crippen molar-refractivity contribution < 1.29 is 9.31 Å². The zero-order valence-electron chi connectivity index (χ0n) is 11.1. The molecule has 8 heteroatoms. The van der Waals surface area contributed by atoms with Crippen LogP contribution in [0.25, 0.3) is 0 Å². The molecule has 21 heavy (non-hydrogen) atoms. The van der Waals surface area contributed by atoms with E-state index >= 15 is 0 Å². The largest absolute Gasteiger partial charge is 0.370 e. The summed E-state index contributed by atoms with van der Waals surface area (Å²) in [6.07, 6.45) is 0. The van der Waals surface area contributed by atoms with Crippen molar-refractivity contribution in [2.24, 2.45) is 0 Å². The van der Waals surface area contributed by atoms with E-state index in [1.807, 2.05) is 6.92 Å². The molecule has 0 unspecified atom stereocenters. The Morgan fingerprint density at radius 3 is 2.67 bits per heavy atom. The molecular formula is C13H12ClFN4O2. The minimum absolute atomic E-state index is 0.0441. The van der Waals surface area contributed by atoms with Crippen LogP contribution in [0.1, 0.15) is 6.92 Å². The van der Waals surface area contributed by atoms with Crippen LogP contribution in [0, 0.1) is 15.9 Å². The second-order valence-electron chi connectivity index (χ2n) is 4.14. The Balaban J connectivity index is 2.33. The lowest BCUT2D eigenvalue weighted by Crippen LogP contribution is -2.03. The molecule has 0 bridgehead atoms. The summed E-state index contributed by atoms with van der Waals surface area (Å²) >= 11 is 5.69. The summed E-state index contributed by atoms with van der Waals surface area (Å²) in [6, 6.07) is 6.68.